The molecule has 2 aliphatic rings. The molecule has 1 aromatic carbocycles. The van der Waals surface area contributed by atoms with Gasteiger partial charge in [0.05, 0.1) is 45.3 Å². The van der Waals surface area contributed by atoms with Gasteiger partial charge in [-0.3, -0.25) is 10.00 Å². The van der Waals surface area contributed by atoms with Crippen LogP contribution in [0.3, 0.4) is 0 Å². The molecule has 1 unspecified atom stereocenters. The van der Waals surface area contributed by atoms with Gasteiger partial charge in [0, 0.05) is 30.8 Å². The zero-order valence-electron chi connectivity index (χ0n) is 14.0. The third-order valence-electron chi connectivity index (χ3n) is 4.87. The number of hydrogen-bond acceptors (Lipinski definition) is 5. The van der Waals surface area contributed by atoms with E-state index in [1.165, 1.54) is 16.8 Å². The van der Waals surface area contributed by atoms with Crippen molar-refractivity contribution < 1.29 is 14.2 Å². The second kappa shape index (κ2) is 6.93. The van der Waals surface area contributed by atoms with Gasteiger partial charge in [-0.25, -0.2) is 0 Å². The number of hydrogen-bond donors (Lipinski definition) is 1. The van der Waals surface area contributed by atoms with Crippen LogP contribution in [-0.2, 0) is 29.0 Å². The summed E-state index contributed by atoms with van der Waals surface area (Å²) in [4.78, 5) is 2.44. The summed E-state index contributed by atoms with van der Waals surface area (Å²) in [5.74, 6) is 0.876. The highest BCUT2D eigenvalue weighted by molar-refractivity contribution is 5.30. The summed E-state index contributed by atoms with van der Waals surface area (Å²) in [6.07, 6.45) is 0.924. The molecule has 1 N–H and O–H groups in total. The topological polar surface area (TPSA) is 59.6 Å². The summed E-state index contributed by atoms with van der Waals surface area (Å²) in [6.45, 7) is 4.62. The van der Waals surface area contributed by atoms with Crippen LogP contribution in [0.2, 0.25) is 0 Å². The molecule has 1 atom stereocenters. The first-order valence-corrected chi connectivity index (χ1v) is 8.43. The predicted octanol–water partition coefficient (Wildman–Crippen LogP) is 2.06. The molecule has 6 nitrogen and oxygen atoms in total. The Morgan fingerprint density at radius 1 is 1.25 bits per heavy atom. The smallest absolute Gasteiger partial charge is 0.118 e. The number of aromatic nitrogens is 2. The summed E-state index contributed by atoms with van der Waals surface area (Å²) in [7, 11) is 1.69. The van der Waals surface area contributed by atoms with Crippen LogP contribution in [0.15, 0.2) is 24.3 Å². The number of methoxy groups -OCH3 is 1. The number of nitrogens with zero attached hydrogens (tertiary/aromatic N) is 2. The van der Waals surface area contributed by atoms with E-state index in [0.29, 0.717) is 13.2 Å². The second-order valence-electron chi connectivity index (χ2n) is 6.26. The van der Waals surface area contributed by atoms with Crippen LogP contribution in [0.4, 0.5) is 0 Å². The molecule has 2 aromatic rings. The van der Waals surface area contributed by atoms with E-state index in [2.05, 4.69) is 27.2 Å². The van der Waals surface area contributed by atoms with Crippen molar-refractivity contribution in [2.75, 3.05) is 33.5 Å². The molecule has 1 aromatic heterocycles. The predicted molar refractivity (Wildman–Crippen MR) is 88.9 cm³/mol. The number of aromatic amines is 1. The normalized spacial score (nSPS) is 21.5. The number of morpholine rings is 1. The highest BCUT2D eigenvalue weighted by Crippen LogP contribution is 2.28. The van der Waals surface area contributed by atoms with E-state index in [0.717, 1.165) is 44.2 Å². The van der Waals surface area contributed by atoms with Crippen molar-refractivity contribution in [3.63, 3.8) is 0 Å². The van der Waals surface area contributed by atoms with Crippen molar-refractivity contribution in [1.82, 2.24) is 15.1 Å². The maximum Gasteiger partial charge on any atom is 0.118 e. The number of benzene rings is 1. The first-order chi connectivity index (χ1) is 11.8. The molecule has 0 aliphatic carbocycles. The molecule has 0 saturated carbocycles. The third kappa shape index (κ3) is 3.05. The van der Waals surface area contributed by atoms with E-state index in [4.69, 9.17) is 14.2 Å². The van der Waals surface area contributed by atoms with E-state index in [1.807, 2.05) is 12.1 Å². The summed E-state index contributed by atoms with van der Waals surface area (Å²) < 4.78 is 16.6. The number of nitrogens with one attached hydrogen (secondary N) is 1. The molecule has 0 amide bonds. The molecule has 0 radical (unpaired) electrons. The number of H-pyrrole nitrogens is 1. The molecular formula is C18H23N3O3. The van der Waals surface area contributed by atoms with Gasteiger partial charge in [0.2, 0.25) is 0 Å². The summed E-state index contributed by atoms with van der Waals surface area (Å²) in [5.41, 5.74) is 4.81. The monoisotopic (exact) mass is 329 g/mol. The molecule has 24 heavy (non-hydrogen) atoms. The lowest BCUT2D eigenvalue weighted by Crippen LogP contribution is -2.39. The Kier molecular flexibility index (Phi) is 4.51. The quantitative estimate of drug-likeness (QED) is 0.930. The van der Waals surface area contributed by atoms with Crippen molar-refractivity contribution in [2.24, 2.45) is 0 Å². The minimum absolute atomic E-state index is 0.238. The van der Waals surface area contributed by atoms with E-state index >= 15 is 0 Å². The first-order valence-electron chi connectivity index (χ1n) is 8.43. The minimum atomic E-state index is 0.238. The highest BCUT2D eigenvalue weighted by Gasteiger charge is 2.27. The second-order valence-corrected chi connectivity index (χ2v) is 6.26. The van der Waals surface area contributed by atoms with Gasteiger partial charge < -0.3 is 14.2 Å². The van der Waals surface area contributed by atoms with Crippen molar-refractivity contribution in [3.05, 3.63) is 46.8 Å². The Balaban J connectivity index is 1.54. The number of fused-ring (bicyclic) bond motifs is 1. The molecule has 1 saturated heterocycles. The average Bonchev–Trinajstić information content (AvgIpc) is 3.05. The Labute approximate surface area is 141 Å². The van der Waals surface area contributed by atoms with Crippen LogP contribution >= 0.6 is 0 Å². The number of ether oxygens (including phenoxy) is 3. The van der Waals surface area contributed by atoms with Gasteiger partial charge in [0.1, 0.15) is 5.75 Å². The van der Waals surface area contributed by atoms with E-state index in [-0.39, 0.29) is 6.04 Å². The Morgan fingerprint density at radius 3 is 2.96 bits per heavy atom. The summed E-state index contributed by atoms with van der Waals surface area (Å²) in [6, 6.07) is 8.49. The maximum absolute atomic E-state index is 5.73. The van der Waals surface area contributed by atoms with Crippen molar-refractivity contribution in [3.8, 4) is 5.75 Å². The Bertz CT molecular complexity index is 683. The van der Waals surface area contributed by atoms with Crippen LogP contribution in [0.25, 0.3) is 0 Å². The molecule has 0 spiro atoms. The lowest BCUT2D eigenvalue weighted by Gasteiger charge is -2.35. The average molecular weight is 329 g/mol. The van der Waals surface area contributed by atoms with Crippen LogP contribution < -0.4 is 4.74 Å². The molecule has 0 bridgehead atoms. The van der Waals surface area contributed by atoms with Crippen LogP contribution in [-0.4, -0.2) is 48.6 Å². The fourth-order valence-corrected chi connectivity index (χ4v) is 3.45. The summed E-state index contributed by atoms with van der Waals surface area (Å²) in [5, 5.41) is 7.72. The van der Waals surface area contributed by atoms with Crippen LogP contribution in [0.5, 0.6) is 5.75 Å². The molecule has 4 rings (SSSR count). The number of rotatable bonds is 4. The van der Waals surface area contributed by atoms with Gasteiger partial charge in [-0.15, -0.1) is 0 Å². The molecular weight excluding hydrogens is 306 g/mol. The van der Waals surface area contributed by atoms with Crippen LogP contribution in [0, 0.1) is 0 Å². The zero-order valence-corrected chi connectivity index (χ0v) is 14.0. The lowest BCUT2D eigenvalue weighted by atomic mass is 10.0. The molecule has 3 heterocycles. The zero-order chi connectivity index (χ0) is 16.4. The maximum atomic E-state index is 5.73. The third-order valence-corrected chi connectivity index (χ3v) is 4.87. The minimum Gasteiger partial charge on any atom is -0.497 e. The fraction of sp³-hybridized carbons (Fsp3) is 0.500. The van der Waals surface area contributed by atoms with Gasteiger partial charge in [0.25, 0.3) is 0 Å². The van der Waals surface area contributed by atoms with Crippen molar-refractivity contribution >= 4 is 0 Å². The molecule has 128 valence electrons. The SMILES string of the molecule is COc1ccc(C2COCCN2Cc2n[nH]c3c2COCC3)cc1. The summed E-state index contributed by atoms with van der Waals surface area (Å²) >= 11 is 0. The molecule has 1 fully saturated rings. The van der Waals surface area contributed by atoms with Gasteiger partial charge in [0.15, 0.2) is 0 Å². The highest BCUT2D eigenvalue weighted by atomic mass is 16.5. The fourth-order valence-electron chi connectivity index (χ4n) is 3.45. The van der Waals surface area contributed by atoms with E-state index in [1.54, 1.807) is 7.11 Å². The Morgan fingerprint density at radius 2 is 2.12 bits per heavy atom. The van der Waals surface area contributed by atoms with Gasteiger partial charge in [-0.2, -0.15) is 5.10 Å². The standard InChI is InChI=1S/C18H23N3O3/c1-22-14-4-2-13(3-5-14)18-12-24-9-7-21(18)10-17-15-11-23-8-6-16(15)19-20-17/h2-5,18H,6-12H2,1H3,(H,19,20). The van der Waals surface area contributed by atoms with Gasteiger partial charge >= 0.3 is 0 Å². The van der Waals surface area contributed by atoms with Crippen molar-refractivity contribution in [2.45, 2.75) is 25.6 Å². The van der Waals surface area contributed by atoms with E-state index in [9.17, 15) is 0 Å². The first kappa shape index (κ1) is 15.6. The van der Waals surface area contributed by atoms with Crippen molar-refractivity contribution in [1.29, 1.82) is 0 Å². The van der Waals surface area contributed by atoms with Gasteiger partial charge in [-0.05, 0) is 17.7 Å². The molecule has 2 aliphatic heterocycles. The lowest BCUT2D eigenvalue weighted by molar-refractivity contribution is -0.0136. The van der Waals surface area contributed by atoms with E-state index < -0.39 is 0 Å². The largest absolute Gasteiger partial charge is 0.497 e. The van der Waals surface area contributed by atoms with Gasteiger partial charge in [-0.1, -0.05) is 12.1 Å². The van der Waals surface area contributed by atoms with Crippen LogP contribution in [0.1, 0.15) is 28.6 Å². The molecule has 6 heteroatoms. The Hall–Kier alpha value is -1.89.